The highest BCUT2D eigenvalue weighted by atomic mass is 19.1. The molecule has 0 saturated heterocycles. The lowest BCUT2D eigenvalue weighted by molar-refractivity contribution is 0.303. The fourth-order valence-electron chi connectivity index (χ4n) is 1.82. The number of rotatable bonds is 5. The number of hydrogen-bond donors (Lipinski definition) is 1. The standard InChI is InChI=1S/C14H16FN3O2/c1-18(7-8-19)14-6-4-12(16-17-14)11-9-10(15)3-5-13(11)20-2/h3-6,9,19H,7-8H2,1-2H3. The van der Waals surface area contributed by atoms with E-state index in [1.54, 1.807) is 23.1 Å². The van der Waals surface area contributed by atoms with Gasteiger partial charge in [0.1, 0.15) is 11.6 Å². The van der Waals surface area contributed by atoms with Crippen LogP contribution in [0, 0.1) is 5.82 Å². The minimum atomic E-state index is -0.357. The van der Waals surface area contributed by atoms with Gasteiger partial charge in [0.05, 0.1) is 19.4 Å². The average Bonchev–Trinajstić information content (AvgIpc) is 2.47. The molecule has 106 valence electrons. The van der Waals surface area contributed by atoms with Gasteiger partial charge < -0.3 is 14.7 Å². The molecule has 5 nitrogen and oxygen atoms in total. The molecule has 1 aromatic carbocycles. The Morgan fingerprint density at radius 1 is 1.25 bits per heavy atom. The zero-order chi connectivity index (χ0) is 14.5. The third-order valence-electron chi connectivity index (χ3n) is 2.91. The summed E-state index contributed by atoms with van der Waals surface area (Å²) in [7, 11) is 3.33. The van der Waals surface area contributed by atoms with Crippen molar-refractivity contribution >= 4 is 5.82 Å². The number of benzene rings is 1. The summed E-state index contributed by atoms with van der Waals surface area (Å²) in [6.45, 7) is 0.509. The first-order valence-electron chi connectivity index (χ1n) is 6.15. The van der Waals surface area contributed by atoms with Crippen LogP contribution in [-0.2, 0) is 0 Å². The van der Waals surface area contributed by atoms with Crippen molar-refractivity contribution in [2.24, 2.45) is 0 Å². The molecule has 0 bridgehead atoms. The van der Waals surface area contributed by atoms with Crippen LogP contribution in [0.15, 0.2) is 30.3 Å². The van der Waals surface area contributed by atoms with Crippen molar-refractivity contribution in [1.82, 2.24) is 10.2 Å². The molecule has 0 atom stereocenters. The molecule has 1 N–H and O–H groups in total. The van der Waals surface area contributed by atoms with Crippen LogP contribution >= 0.6 is 0 Å². The number of nitrogens with zero attached hydrogens (tertiary/aromatic N) is 3. The maximum atomic E-state index is 13.3. The molecule has 6 heteroatoms. The van der Waals surface area contributed by atoms with Gasteiger partial charge in [-0.1, -0.05) is 0 Å². The van der Waals surface area contributed by atoms with Crippen molar-refractivity contribution in [3.8, 4) is 17.0 Å². The molecule has 0 unspecified atom stereocenters. The van der Waals surface area contributed by atoms with Gasteiger partial charge in [-0.2, -0.15) is 0 Å². The molecule has 1 heterocycles. The molecule has 0 aliphatic carbocycles. The van der Waals surface area contributed by atoms with Crippen LogP contribution in [0.4, 0.5) is 10.2 Å². The van der Waals surface area contributed by atoms with Crippen molar-refractivity contribution in [2.75, 3.05) is 32.2 Å². The molecule has 0 saturated carbocycles. The Labute approximate surface area is 116 Å². The van der Waals surface area contributed by atoms with Gasteiger partial charge in [-0.05, 0) is 30.3 Å². The predicted molar refractivity (Wildman–Crippen MR) is 74.3 cm³/mol. The number of likely N-dealkylation sites (N-methyl/N-ethyl adjacent to an activating group) is 1. The van der Waals surface area contributed by atoms with E-state index < -0.39 is 0 Å². The summed E-state index contributed by atoms with van der Waals surface area (Å²) < 4.78 is 18.5. The van der Waals surface area contributed by atoms with Gasteiger partial charge in [0.15, 0.2) is 5.82 Å². The van der Waals surface area contributed by atoms with Crippen LogP contribution in [-0.4, -0.2) is 42.6 Å². The van der Waals surface area contributed by atoms with Crippen LogP contribution in [0.2, 0.25) is 0 Å². The topological polar surface area (TPSA) is 58.5 Å². The Morgan fingerprint density at radius 3 is 2.65 bits per heavy atom. The van der Waals surface area contributed by atoms with E-state index in [0.29, 0.717) is 29.4 Å². The smallest absolute Gasteiger partial charge is 0.151 e. The Balaban J connectivity index is 2.32. The van der Waals surface area contributed by atoms with E-state index in [1.807, 2.05) is 7.05 Å². The summed E-state index contributed by atoms with van der Waals surface area (Å²) in [4.78, 5) is 1.78. The zero-order valence-electron chi connectivity index (χ0n) is 11.4. The van der Waals surface area contributed by atoms with Crippen molar-refractivity contribution in [3.05, 3.63) is 36.1 Å². The summed E-state index contributed by atoms with van der Waals surface area (Å²) >= 11 is 0. The summed E-state index contributed by atoms with van der Waals surface area (Å²) in [5.74, 6) is 0.819. The van der Waals surface area contributed by atoms with Gasteiger partial charge >= 0.3 is 0 Å². The number of halogens is 1. The molecule has 20 heavy (non-hydrogen) atoms. The molecule has 1 aromatic heterocycles. The number of hydrogen-bond acceptors (Lipinski definition) is 5. The van der Waals surface area contributed by atoms with E-state index in [2.05, 4.69) is 10.2 Å². The Morgan fingerprint density at radius 2 is 2.05 bits per heavy atom. The van der Waals surface area contributed by atoms with Crippen molar-refractivity contribution in [1.29, 1.82) is 0 Å². The predicted octanol–water partition coefficient (Wildman–Crippen LogP) is 1.72. The largest absolute Gasteiger partial charge is 0.496 e. The molecule has 0 amide bonds. The monoisotopic (exact) mass is 277 g/mol. The molecule has 2 rings (SSSR count). The van der Waals surface area contributed by atoms with Gasteiger partial charge in [0.2, 0.25) is 0 Å². The van der Waals surface area contributed by atoms with Gasteiger partial charge in [-0.3, -0.25) is 0 Å². The second-order valence-electron chi connectivity index (χ2n) is 4.27. The van der Waals surface area contributed by atoms with E-state index in [4.69, 9.17) is 9.84 Å². The van der Waals surface area contributed by atoms with Crippen molar-refractivity contribution < 1.29 is 14.2 Å². The lowest BCUT2D eigenvalue weighted by atomic mass is 10.1. The average molecular weight is 277 g/mol. The number of aliphatic hydroxyl groups excluding tert-OH is 1. The van der Waals surface area contributed by atoms with Crippen LogP contribution in [0.1, 0.15) is 0 Å². The van der Waals surface area contributed by atoms with E-state index >= 15 is 0 Å². The van der Waals surface area contributed by atoms with Crippen molar-refractivity contribution in [3.63, 3.8) is 0 Å². The van der Waals surface area contributed by atoms with Gasteiger partial charge in [-0.25, -0.2) is 4.39 Å². The summed E-state index contributed by atoms with van der Waals surface area (Å²) in [5.41, 5.74) is 1.08. The fraction of sp³-hybridized carbons (Fsp3) is 0.286. The SMILES string of the molecule is COc1ccc(F)cc1-c1ccc(N(C)CCO)nn1. The lowest BCUT2D eigenvalue weighted by Gasteiger charge is -2.16. The molecule has 0 aliphatic rings. The van der Waals surface area contributed by atoms with Gasteiger partial charge in [-0.15, -0.1) is 10.2 Å². The first-order chi connectivity index (χ1) is 9.65. The number of aliphatic hydroxyl groups is 1. The second kappa shape index (κ2) is 6.29. The second-order valence-corrected chi connectivity index (χ2v) is 4.27. The van der Waals surface area contributed by atoms with Crippen LogP contribution in [0.25, 0.3) is 11.3 Å². The highest BCUT2D eigenvalue weighted by Crippen LogP contribution is 2.29. The zero-order valence-corrected chi connectivity index (χ0v) is 11.4. The molecule has 0 fully saturated rings. The van der Waals surface area contributed by atoms with E-state index in [-0.39, 0.29) is 12.4 Å². The third-order valence-corrected chi connectivity index (χ3v) is 2.91. The Kier molecular flexibility index (Phi) is 4.47. The molecular formula is C14H16FN3O2. The van der Waals surface area contributed by atoms with Crippen molar-refractivity contribution in [2.45, 2.75) is 0 Å². The number of ether oxygens (including phenoxy) is 1. The minimum Gasteiger partial charge on any atom is -0.496 e. The van der Waals surface area contributed by atoms with Gasteiger partial charge in [0.25, 0.3) is 0 Å². The maximum Gasteiger partial charge on any atom is 0.151 e. The van der Waals surface area contributed by atoms with Crippen LogP contribution < -0.4 is 9.64 Å². The van der Waals surface area contributed by atoms with E-state index in [1.165, 1.54) is 19.2 Å². The highest BCUT2D eigenvalue weighted by Gasteiger charge is 2.10. The molecule has 0 aliphatic heterocycles. The normalized spacial score (nSPS) is 10.4. The fourth-order valence-corrected chi connectivity index (χ4v) is 1.82. The van der Waals surface area contributed by atoms with Crippen LogP contribution in [0.5, 0.6) is 5.75 Å². The lowest BCUT2D eigenvalue weighted by Crippen LogP contribution is -2.22. The number of anilines is 1. The third kappa shape index (κ3) is 3.03. The minimum absolute atomic E-state index is 0.0393. The Hall–Kier alpha value is -2.21. The molecule has 0 spiro atoms. The number of methoxy groups -OCH3 is 1. The first kappa shape index (κ1) is 14.2. The molecule has 2 aromatic rings. The highest BCUT2D eigenvalue weighted by molar-refractivity contribution is 5.67. The van der Waals surface area contributed by atoms with Gasteiger partial charge in [0, 0.05) is 19.2 Å². The molecular weight excluding hydrogens is 261 g/mol. The first-order valence-corrected chi connectivity index (χ1v) is 6.15. The maximum absolute atomic E-state index is 13.3. The Bertz CT molecular complexity index is 575. The quantitative estimate of drug-likeness (QED) is 0.901. The van der Waals surface area contributed by atoms with E-state index in [0.717, 1.165) is 0 Å². The summed E-state index contributed by atoms with van der Waals surface area (Å²) in [6.07, 6.45) is 0. The molecule has 0 radical (unpaired) electrons. The summed E-state index contributed by atoms with van der Waals surface area (Å²) in [5, 5.41) is 17.0. The van der Waals surface area contributed by atoms with E-state index in [9.17, 15) is 4.39 Å². The summed E-state index contributed by atoms with van der Waals surface area (Å²) in [6, 6.07) is 7.76. The number of aromatic nitrogens is 2. The van der Waals surface area contributed by atoms with Crippen LogP contribution in [0.3, 0.4) is 0 Å².